The molecule has 0 saturated carbocycles. The van der Waals surface area contributed by atoms with Crippen LogP contribution in [0.15, 0.2) is 287 Å². The second-order valence-electron chi connectivity index (χ2n) is 20.2. The van der Waals surface area contributed by atoms with E-state index in [1.807, 2.05) is 11.8 Å². The molecular weight excluding hydrogens is 927 g/mol. The monoisotopic (exact) mass is 971 g/mol. The number of hydrogen-bond acceptors (Lipinski definition) is 3. The second-order valence-corrected chi connectivity index (χ2v) is 21.3. The van der Waals surface area contributed by atoms with E-state index < -0.39 is 10.8 Å². The Morgan fingerprint density at radius 2 is 0.853 bits per heavy atom. The zero-order valence-corrected chi connectivity index (χ0v) is 41.6. The summed E-state index contributed by atoms with van der Waals surface area (Å²) in [4.78, 5) is 5.04. The molecule has 0 N–H and O–H groups in total. The third kappa shape index (κ3) is 5.82. The van der Waals surface area contributed by atoms with E-state index in [-0.39, 0.29) is 0 Å². The standard InChI is InChI=1S/C72H45NOS/c1-3-20-48(21-4-1)71(49-22-5-2-6-23-49)59-29-11-9-25-54(59)55-44-42-51(45-64(55)71)73(65-34-18-28-56-57-43-39-46-19-7-8-24-53(46)69(57)74-70(56)65)50-40-37-47(38-41-50)52-27-17-33-63-68(52)58-26-10-12-30-60(58)72(63)61-31-13-15-35-66(61)75-67-36-16-14-32-62(67)72/h1-45H. The van der Waals surface area contributed by atoms with Crippen LogP contribution in [0.1, 0.15) is 44.5 Å². The highest BCUT2D eigenvalue weighted by molar-refractivity contribution is 7.99. The number of hydrogen-bond donors (Lipinski definition) is 0. The second kappa shape index (κ2) is 16.2. The molecule has 350 valence electrons. The summed E-state index contributed by atoms with van der Waals surface area (Å²) in [6, 6.07) is 101. The Bertz CT molecular complexity index is 4370. The molecule has 3 aliphatic rings. The molecule has 2 heterocycles. The minimum Gasteiger partial charge on any atom is -0.453 e. The molecule has 0 atom stereocenters. The smallest absolute Gasteiger partial charge is 0.159 e. The Morgan fingerprint density at radius 3 is 1.59 bits per heavy atom. The highest BCUT2D eigenvalue weighted by atomic mass is 32.2. The van der Waals surface area contributed by atoms with E-state index in [4.69, 9.17) is 4.42 Å². The number of rotatable bonds is 6. The molecule has 12 aromatic carbocycles. The van der Waals surface area contributed by atoms with Crippen LogP contribution in [0, 0.1) is 0 Å². The molecule has 1 aromatic heterocycles. The van der Waals surface area contributed by atoms with Gasteiger partial charge in [-0.1, -0.05) is 236 Å². The van der Waals surface area contributed by atoms with Gasteiger partial charge in [-0.2, -0.15) is 0 Å². The molecule has 1 spiro atoms. The Balaban J connectivity index is 0.923. The highest BCUT2D eigenvalue weighted by Gasteiger charge is 2.51. The summed E-state index contributed by atoms with van der Waals surface area (Å²) >= 11 is 1.89. The van der Waals surface area contributed by atoms with Gasteiger partial charge >= 0.3 is 0 Å². The summed E-state index contributed by atoms with van der Waals surface area (Å²) in [5, 5.41) is 4.46. The maximum atomic E-state index is 7.18. The first kappa shape index (κ1) is 42.4. The lowest BCUT2D eigenvalue weighted by Crippen LogP contribution is -2.31. The molecule has 1 aliphatic heterocycles. The molecule has 13 aromatic rings. The highest BCUT2D eigenvalue weighted by Crippen LogP contribution is 2.64. The van der Waals surface area contributed by atoms with Crippen molar-refractivity contribution in [1.29, 1.82) is 0 Å². The fourth-order valence-corrected chi connectivity index (χ4v) is 14.8. The SMILES string of the molecule is c1ccc(C2(c3ccccc3)c3ccccc3-c3ccc(N(c4ccc(-c5cccc6c5-c5ccccc5C65c6ccccc6Sc6ccccc65)cc4)c4cccc5c4oc4c6ccccc6ccc54)cc32)cc1. The molecule has 0 radical (unpaired) electrons. The fourth-order valence-electron chi connectivity index (χ4n) is 13.6. The maximum absolute atomic E-state index is 7.18. The van der Waals surface area contributed by atoms with E-state index in [1.54, 1.807) is 0 Å². The van der Waals surface area contributed by atoms with Crippen molar-refractivity contribution in [2.75, 3.05) is 4.90 Å². The Labute approximate surface area is 439 Å². The van der Waals surface area contributed by atoms with Crippen LogP contribution in [0.25, 0.3) is 66.1 Å². The molecule has 0 unspecified atom stereocenters. The first-order chi connectivity index (χ1) is 37.2. The van der Waals surface area contributed by atoms with E-state index in [0.29, 0.717) is 0 Å². The van der Waals surface area contributed by atoms with Gasteiger partial charge in [0.2, 0.25) is 0 Å². The van der Waals surface area contributed by atoms with Crippen LogP contribution >= 0.6 is 11.8 Å². The van der Waals surface area contributed by atoms with Crippen molar-refractivity contribution in [1.82, 2.24) is 0 Å². The predicted molar refractivity (Wildman–Crippen MR) is 310 cm³/mol. The van der Waals surface area contributed by atoms with E-state index in [1.165, 1.54) is 87.7 Å². The minimum atomic E-state index is -0.566. The normalized spacial score (nSPS) is 14.0. The lowest BCUT2D eigenvalue weighted by Gasteiger charge is -2.39. The summed E-state index contributed by atoms with van der Waals surface area (Å²) in [6.45, 7) is 0. The molecule has 16 rings (SSSR count). The average molecular weight is 972 g/mol. The van der Waals surface area contributed by atoms with Gasteiger partial charge in [-0.05, 0) is 132 Å². The van der Waals surface area contributed by atoms with Gasteiger partial charge in [0, 0.05) is 37.3 Å². The van der Waals surface area contributed by atoms with Crippen molar-refractivity contribution < 1.29 is 4.42 Å². The van der Waals surface area contributed by atoms with Gasteiger partial charge in [0.1, 0.15) is 5.58 Å². The Morgan fingerprint density at radius 1 is 0.320 bits per heavy atom. The number of furan rings is 1. The van der Waals surface area contributed by atoms with Crippen molar-refractivity contribution in [2.24, 2.45) is 0 Å². The van der Waals surface area contributed by atoms with E-state index in [9.17, 15) is 0 Å². The van der Waals surface area contributed by atoms with Crippen molar-refractivity contribution in [2.45, 2.75) is 20.6 Å². The molecule has 3 heteroatoms. The molecule has 2 aliphatic carbocycles. The maximum Gasteiger partial charge on any atom is 0.159 e. The van der Waals surface area contributed by atoms with Gasteiger partial charge in [-0.3, -0.25) is 0 Å². The quantitative estimate of drug-likeness (QED) is 0.165. The van der Waals surface area contributed by atoms with Crippen LogP contribution in [-0.2, 0) is 10.8 Å². The third-order valence-electron chi connectivity index (χ3n) is 16.6. The summed E-state index contributed by atoms with van der Waals surface area (Å²) in [7, 11) is 0. The molecule has 0 saturated heterocycles. The third-order valence-corrected chi connectivity index (χ3v) is 17.8. The molecule has 0 fully saturated rings. The topological polar surface area (TPSA) is 16.4 Å². The summed E-state index contributed by atoms with van der Waals surface area (Å²) in [5.74, 6) is 0. The summed E-state index contributed by atoms with van der Waals surface area (Å²) in [6.07, 6.45) is 0. The molecular formula is C72H45NOS. The van der Waals surface area contributed by atoms with Crippen molar-refractivity contribution in [3.8, 4) is 33.4 Å². The molecule has 0 bridgehead atoms. The van der Waals surface area contributed by atoms with Crippen LogP contribution in [0.4, 0.5) is 17.1 Å². The molecule has 0 amide bonds. The first-order valence-corrected chi connectivity index (χ1v) is 26.7. The first-order valence-electron chi connectivity index (χ1n) is 25.9. The zero-order valence-electron chi connectivity index (χ0n) is 40.7. The van der Waals surface area contributed by atoms with Gasteiger partial charge in [-0.25, -0.2) is 0 Å². The Kier molecular flexibility index (Phi) is 9.14. The zero-order chi connectivity index (χ0) is 49.2. The van der Waals surface area contributed by atoms with E-state index in [2.05, 4.69) is 278 Å². The van der Waals surface area contributed by atoms with Crippen molar-refractivity contribution >= 4 is 61.5 Å². The van der Waals surface area contributed by atoms with Gasteiger partial charge in [0.25, 0.3) is 0 Å². The van der Waals surface area contributed by atoms with Crippen LogP contribution < -0.4 is 4.90 Å². The Hall–Kier alpha value is -9.15. The number of fused-ring (bicyclic) bond motifs is 17. The fraction of sp³-hybridized carbons (Fsp3) is 0.0278. The van der Waals surface area contributed by atoms with Gasteiger partial charge in [-0.15, -0.1) is 0 Å². The van der Waals surface area contributed by atoms with Crippen LogP contribution in [0.5, 0.6) is 0 Å². The van der Waals surface area contributed by atoms with Gasteiger partial charge in [0.15, 0.2) is 5.58 Å². The van der Waals surface area contributed by atoms with Crippen LogP contribution in [-0.4, -0.2) is 0 Å². The van der Waals surface area contributed by atoms with E-state index in [0.717, 1.165) is 49.8 Å². The summed E-state index contributed by atoms with van der Waals surface area (Å²) < 4.78 is 7.18. The minimum absolute atomic E-state index is 0.449. The van der Waals surface area contributed by atoms with Crippen molar-refractivity contribution in [3.05, 3.63) is 317 Å². The number of nitrogens with zero attached hydrogens (tertiary/aromatic N) is 1. The lowest BCUT2D eigenvalue weighted by atomic mass is 9.67. The van der Waals surface area contributed by atoms with Crippen LogP contribution in [0.2, 0.25) is 0 Å². The number of anilines is 3. The van der Waals surface area contributed by atoms with E-state index >= 15 is 0 Å². The van der Waals surface area contributed by atoms with Crippen molar-refractivity contribution in [3.63, 3.8) is 0 Å². The largest absolute Gasteiger partial charge is 0.453 e. The predicted octanol–water partition coefficient (Wildman–Crippen LogP) is 19.1. The molecule has 75 heavy (non-hydrogen) atoms. The molecule has 2 nitrogen and oxygen atoms in total. The van der Waals surface area contributed by atoms with Crippen LogP contribution in [0.3, 0.4) is 0 Å². The number of para-hydroxylation sites is 1. The van der Waals surface area contributed by atoms with Gasteiger partial charge in [0.05, 0.1) is 16.5 Å². The summed E-state index contributed by atoms with van der Waals surface area (Å²) in [5.41, 5.74) is 21.6. The average Bonchev–Trinajstić information content (AvgIpc) is 4.20. The van der Waals surface area contributed by atoms with Gasteiger partial charge < -0.3 is 9.32 Å². The number of benzene rings is 12. The lowest BCUT2D eigenvalue weighted by molar-refractivity contribution is 0.673.